The van der Waals surface area contributed by atoms with Gasteiger partial charge in [0.1, 0.15) is 18.0 Å². The molecule has 0 fully saturated rings. The first-order valence-electron chi connectivity index (χ1n) is 6.43. The summed E-state index contributed by atoms with van der Waals surface area (Å²) in [5.74, 6) is 0.563. The standard InChI is InChI=1S/C15H16N2O4/c1-16-15-12(6-4-7-13(15)17(19)20)10-21-14-8-3-2-5-11(14)9-18/h2-8,16,18H,9-10H2,1H3. The smallest absolute Gasteiger partial charge is 0.292 e. The highest BCUT2D eigenvalue weighted by molar-refractivity contribution is 5.66. The van der Waals surface area contributed by atoms with Gasteiger partial charge in [-0.15, -0.1) is 0 Å². The monoisotopic (exact) mass is 288 g/mol. The Morgan fingerprint density at radius 2 is 1.90 bits per heavy atom. The number of nitrogens with zero attached hydrogens (tertiary/aromatic N) is 1. The molecule has 0 aliphatic carbocycles. The highest BCUT2D eigenvalue weighted by atomic mass is 16.6. The van der Waals surface area contributed by atoms with E-state index < -0.39 is 4.92 Å². The van der Waals surface area contributed by atoms with Crippen molar-refractivity contribution in [2.45, 2.75) is 13.2 Å². The molecule has 0 aromatic heterocycles. The molecule has 2 N–H and O–H groups in total. The number of hydrogen-bond acceptors (Lipinski definition) is 5. The second kappa shape index (κ2) is 6.71. The van der Waals surface area contributed by atoms with E-state index in [1.165, 1.54) is 6.07 Å². The molecule has 0 amide bonds. The normalized spacial score (nSPS) is 10.2. The van der Waals surface area contributed by atoms with Crippen molar-refractivity contribution in [2.75, 3.05) is 12.4 Å². The molecular weight excluding hydrogens is 272 g/mol. The van der Waals surface area contributed by atoms with Crippen molar-refractivity contribution in [3.63, 3.8) is 0 Å². The molecule has 2 aromatic rings. The van der Waals surface area contributed by atoms with Crippen molar-refractivity contribution >= 4 is 11.4 Å². The zero-order valence-electron chi connectivity index (χ0n) is 11.6. The van der Waals surface area contributed by atoms with Gasteiger partial charge in [0.25, 0.3) is 5.69 Å². The largest absolute Gasteiger partial charge is 0.488 e. The van der Waals surface area contributed by atoms with Crippen LogP contribution in [0.25, 0.3) is 0 Å². The van der Waals surface area contributed by atoms with Crippen molar-refractivity contribution in [3.05, 3.63) is 63.7 Å². The molecule has 0 spiro atoms. The topological polar surface area (TPSA) is 84.6 Å². The number of nitro benzene ring substituents is 1. The third-order valence-electron chi connectivity index (χ3n) is 3.10. The van der Waals surface area contributed by atoms with E-state index in [9.17, 15) is 15.2 Å². The molecule has 0 saturated heterocycles. The van der Waals surface area contributed by atoms with Gasteiger partial charge in [0.15, 0.2) is 0 Å². The minimum atomic E-state index is -0.434. The number of nitrogens with one attached hydrogen (secondary N) is 1. The highest BCUT2D eigenvalue weighted by Gasteiger charge is 2.16. The lowest BCUT2D eigenvalue weighted by Crippen LogP contribution is -2.04. The van der Waals surface area contributed by atoms with Gasteiger partial charge in [0, 0.05) is 24.2 Å². The number of aliphatic hydroxyl groups is 1. The van der Waals surface area contributed by atoms with Crippen LogP contribution in [0.2, 0.25) is 0 Å². The van der Waals surface area contributed by atoms with E-state index in [0.717, 1.165) is 0 Å². The summed E-state index contributed by atoms with van der Waals surface area (Å²) in [4.78, 5) is 10.6. The first kappa shape index (κ1) is 14.8. The van der Waals surface area contributed by atoms with Crippen LogP contribution in [0.4, 0.5) is 11.4 Å². The summed E-state index contributed by atoms with van der Waals surface area (Å²) < 4.78 is 5.67. The number of para-hydroxylation sites is 2. The van der Waals surface area contributed by atoms with Gasteiger partial charge in [-0.3, -0.25) is 10.1 Å². The van der Waals surface area contributed by atoms with Crippen LogP contribution < -0.4 is 10.1 Å². The van der Waals surface area contributed by atoms with Gasteiger partial charge in [-0.25, -0.2) is 0 Å². The number of nitro groups is 1. The summed E-state index contributed by atoms with van der Waals surface area (Å²) in [6.45, 7) is 0.0544. The molecule has 2 aromatic carbocycles. The first-order valence-corrected chi connectivity index (χ1v) is 6.43. The molecule has 0 saturated carbocycles. The zero-order valence-corrected chi connectivity index (χ0v) is 11.6. The third-order valence-corrected chi connectivity index (χ3v) is 3.10. The fraction of sp³-hybridized carbons (Fsp3) is 0.200. The van der Waals surface area contributed by atoms with E-state index in [-0.39, 0.29) is 18.9 Å². The molecule has 0 aliphatic rings. The van der Waals surface area contributed by atoms with Gasteiger partial charge in [-0.05, 0) is 6.07 Å². The first-order chi connectivity index (χ1) is 10.2. The van der Waals surface area contributed by atoms with Gasteiger partial charge < -0.3 is 15.2 Å². The van der Waals surface area contributed by atoms with Crippen LogP contribution in [-0.2, 0) is 13.2 Å². The number of anilines is 1. The molecule has 2 rings (SSSR count). The van der Waals surface area contributed by atoms with Gasteiger partial charge >= 0.3 is 0 Å². The van der Waals surface area contributed by atoms with E-state index in [4.69, 9.17) is 4.74 Å². The van der Waals surface area contributed by atoms with Crippen molar-refractivity contribution in [1.29, 1.82) is 0 Å². The van der Waals surface area contributed by atoms with Crippen LogP contribution in [0.1, 0.15) is 11.1 Å². The minimum Gasteiger partial charge on any atom is -0.488 e. The number of hydrogen-bond donors (Lipinski definition) is 2. The van der Waals surface area contributed by atoms with Gasteiger partial charge in [0.2, 0.25) is 0 Å². The maximum Gasteiger partial charge on any atom is 0.292 e. The number of ether oxygens (including phenoxy) is 1. The molecular formula is C15H16N2O4. The van der Waals surface area contributed by atoms with Crippen LogP contribution in [0, 0.1) is 10.1 Å². The summed E-state index contributed by atoms with van der Waals surface area (Å²) in [6.07, 6.45) is 0. The Morgan fingerprint density at radius 3 is 2.57 bits per heavy atom. The fourth-order valence-electron chi connectivity index (χ4n) is 2.08. The Kier molecular flexibility index (Phi) is 4.73. The lowest BCUT2D eigenvalue weighted by Gasteiger charge is -2.13. The molecule has 0 radical (unpaired) electrons. The van der Waals surface area contributed by atoms with E-state index >= 15 is 0 Å². The van der Waals surface area contributed by atoms with E-state index in [1.54, 1.807) is 37.4 Å². The molecule has 0 heterocycles. The Hall–Kier alpha value is -2.60. The second-order valence-electron chi connectivity index (χ2n) is 4.37. The molecule has 0 aliphatic heterocycles. The molecule has 110 valence electrons. The maximum atomic E-state index is 11.0. The van der Waals surface area contributed by atoms with Gasteiger partial charge in [0.05, 0.1) is 11.5 Å². The van der Waals surface area contributed by atoms with Crippen LogP contribution in [0.5, 0.6) is 5.75 Å². The van der Waals surface area contributed by atoms with E-state index in [2.05, 4.69) is 5.32 Å². The van der Waals surface area contributed by atoms with Crippen LogP contribution in [-0.4, -0.2) is 17.1 Å². The Bertz CT molecular complexity index is 643. The summed E-state index contributed by atoms with van der Waals surface area (Å²) in [5.41, 5.74) is 1.80. The summed E-state index contributed by atoms with van der Waals surface area (Å²) in [6, 6.07) is 12.0. The molecule has 0 bridgehead atoms. The zero-order chi connectivity index (χ0) is 15.2. The lowest BCUT2D eigenvalue weighted by molar-refractivity contribution is -0.384. The number of rotatable bonds is 6. The van der Waals surface area contributed by atoms with Crippen molar-refractivity contribution < 1.29 is 14.8 Å². The Morgan fingerprint density at radius 1 is 1.19 bits per heavy atom. The van der Waals surface area contributed by atoms with Crippen molar-refractivity contribution in [2.24, 2.45) is 0 Å². The molecule has 21 heavy (non-hydrogen) atoms. The van der Waals surface area contributed by atoms with Crippen LogP contribution >= 0.6 is 0 Å². The van der Waals surface area contributed by atoms with Gasteiger partial charge in [-0.2, -0.15) is 0 Å². The molecule has 6 heteroatoms. The fourth-order valence-corrected chi connectivity index (χ4v) is 2.08. The number of aliphatic hydroxyl groups excluding tert-OH is 1. The highest BCUT2D eigenvalue weighted by Crippen LogP contribution is 2.29. The molecule has 0 atom stereocenters. The van der Waals surface area contributed by atoms with Crippen molar-refractivity contribution in [3.8, 4) is 5.75 Å². The van der Waals surface area contributed by atoms with Gasteiger partial charge in [-0.1, -0.05) is 30.3 Å². The maximum absolute atomic E-state index is 11.0. The predicted molar refractivity (Wildman–Crippen MR) is 79.3 cm³/mol. The third kappa shape index (κ3) is 3.29. The summed E-state index contributed by atoms with van der Waals surface area (Å²) >= 11 is 0. The summed E-state index contributed by atoms with van der Waals surface area (Å²) in [7, 11) is 1.63. The SMILES string of the molecule is CNc1c(COc2ccccc2CO)cccc1[N+](=O)[O-]. The quantitative estimate of drug-likeness (QED) is 0.630. The van der Waals surface area contributed by atoms with Crippen molar-refractivity contribution in [1.82, 2.24) is 0 Å². The average molecular weight is 288 g/mol. The minimum absolute atomic E-state index is 0.00837. The van der Waals surface area contributed by atoms with Crippen LogP contribution in [0.15, 0.2) is 42.5 Å². The Balaban J connectivity index is 2.24. The molecule has 0 unspecified atom stereocenters. The molecule has 6 nitrogen and oxygen atoms in total. The Labute approximate surface area is 122 Å². The van der Waals surface area contributed by atoms with Crippen LogP contribution in [0.3, 0.4) is 0 Å². The lowest BCUT2D eigenvalue weighted by atomic mass is 10.1. The van der Waals surface area contributed by atoms with E-state index in [0.29, 0.717) is 22.6 Å². The predicted octanol–water partition coefficient (Wildman–Crippen LogP) is 2.71. The second-order valence-corrected chi connectivity index (χ2v) is 4.37. The van der Waals surface area contributed by atoms with E-state index in [1.807, 2.05) is 6.07 Å². The average Bonchev–Trinajstić information content (AvgIpc) is 2.52. The summed E-state index contributed by atoms with van der Waals surface area (Å²) in [5, 5.41) is 23.1. The number of benzene rings is 2.